The third kappa shape index (κ3) is 3.19. The number of piperidine rings is 2. The number of carbonyl (C=O) groups is 3. The van der Waals surface area contributed by atoms with Crippen LogP contribution in [0.2, 0.25) is 0 Å². The van der Waals surface area contributed by atoms with Crippen LogP contribution < -0.4 is 5.32 Å². The number of hydrogen-bond acceptors (Lipinski definition) is 4. The van der Waals surface area contributed by atoms with Crippen molar-refractivity contribution in [1.82, 2.24) is 20.1 Å². The van der Waals surface area contributed by atoms with Crippen molar-refractivity contribution in [3.8, 4) is 0 Å². The summed E-state index contributed by atoms with van der Waals surface area (Å²) in [6.07, 6.45) is 3.48. The Morgan fingerprint density at radius 3 is 2.70 bits per heavy atom. The highest BCUT2D eigenvalue weighted by atomic mass is 16.2. The number of amides is 3. The van der Waals surface area contributed by atoms with Crippen molar-refractivity contribution in [3.63, 3.8) is 0 Å². The molecule has 0 spiro atoms. The van der Waals surface area contributed by atoms with Crippen LogP contribution in [0.3, 0.4) is 0 Å². The van der Waals surface area contributed by atoms with E-state index >= 15 is 0 Å². The summed E-state index contributed by atoms with van der Waals surface area (Å²) in [5.41, 5.74) is 0.497. The number of aromatic nitrogens is 1. The molecule has 4 rings (SSSR count). The fourth-order valence-corrected chi connectivity index (χ4v) is 4.71. The second kappa shape index (κ2) is 6.94. The van der Waals surface area contributed by atoms with Gasteiger partial charge in [0.2, 0.25) is 11.8 Å². The normalized spacial score (nSPS) is 27.9. The summed E-state index contributed by atoms with van der Waals surface area (Å²) in [5.74, 6) is -0.0349. The first-order valence-corrected chi connectivity index (χ1v) is 9.81. The molecule has 0 saturated carbocycles. The highest BCUT2D eigenvalue weighted by molar-refractivity contribution is 5.94. The summed E-state index contributed by atoms with van der Waals surface area (Å²) < 4.78 is 0. The minimum Gasteiger partial charge on any atom is -0.352 e. The first-order chi connectivity index (χ1) is 13.0. The molecular formula is C20H26N4O3. The molecule has 27 heavy (non-hydrogen) atoms. The van der Waals surface area contributed by atoms with E-state index in [0.717, 1.165) is 31.6 Å². The molecule has 3 amide bonds. The van der Waals surface area contributed by atoms with Crippen molar-refractivity contribution >= 4 is 17.7 Å². The quantitative estimate of drug-likeness (QED) is 0.846. The predicted octanol–water partition coefficient (Wildman–Crippen LogP) is 1.12. The predicted molar refractivity (Wildman–Crippen MR) is 98.9 cm³/mol. The van der Waals surface area contributed by atoms with Crippen molar-refractivity contribution in [1.29, 1.82) is 0 Å². The Labute approximate surface area is 159 Å². The molecule has 0 bridgehead atoms. The Morgan fingerprint density at radius 2 is 1.96 bits per heavy atom. The maximum Gasteiger partial charge on any atom is 0.272 e. The van der Waals surface area contributed by atoms with Gasteiger partial charge < -0.3 is 15.1 Å². The van der Waals surface area contributed by atoms with Crippen molar-refractivity contribution in [2.75, 3.05) is 26.2 Å². The van der Waals surface area contributed by atoms with E-state index in [1.807, 2.05) is 24.0 Å². The van der Waals surface area contributed by atoms with Crippen molar-refractivity contribution in [2.24, 2.45) is 5.41 Å². The first kappa shape index (κ1) is 17.9. The molecule has 0 aliphatic carbocycles. The van der Waals surface area contributed by atoms with Gasteiger partial charge in [-0.1, -0.05) is 6.07 Å². The summed E-state index contributed by atoms with van der Waals surface area (Å²) in [4.78, 5) is 46.4. The fraction of sp³-hybridized carbons (Fsp3) is 0.600. The maximum absolute atomic E-state index is 13.4. The number of pyridine rings is 1. The van der Waals surface area contributed by atoms with Gasteiger partial charge in [0.1, 0.15) is 5.69 Å². The monoisotopic (exact) mass is 370 g/mol. The SMILES string of the molecule is Cc1cccc(C(=O)N2CC[C@H]3NC(=O)CC[C@]3(C(=O)N3CCCC3)C2)n1. The Morgan fingerprint density at radius 1 is 1.19 bits per heavy atom. The van der Waals surface area contributed by atoms with Gasteiger partial charge in [-0.15, -0.1) is 0 Å². The van der Waals surface area contributed by atoms with Crippen LogP contribution in [0.1, 0.15) is 48.3 Å². The van der Waals surface area contributed by atoms with Crippen LogP contribution in [0.4, 0.5) is 0 Å². The third-order valence-electron chi connectivity index (χ3n) is 6.17. The average molecular weight is 370 g/mol. The van der Waals surface area contributed by atoms with Crippen LogP contribution >= 0.6 is 0 Å². The highest BCUT2D eigenvalue weighted by Gasteiger charge is 2.54. The second-order valence-corrected chi connectivity index (χ2v) is 7.96. The average Bonchev–Trinajstić information content (AvgIpc) is 3.21. The van der Waals surface area contributed by atoms with Gasteiger partial charge in [0.15, 0.2) is 0 Å². The molecule has 3 aliphatic rings. The summed E-state index contributed by atoms with van der Waals surface area (Å²) in [7, 11) is 0. The molecule has 7 nitrogen and oxygen atoms in total. The molecule has 0 unspecified atom stereocenters. The molecule has 4 heterocycles. The van der Waals surface area contributed by atoms with E-state index in [9.17, 15) is 14.4 Å². The number of carbonyl (C=O) groups excluding carboxylic acids is 3. The number of aryl methyl sites for hydroxylation is 1. The van der Waals surface area contributed by atoms with Crippen LogP contribution in [0.25, 0.3) is 0 Å². The zero-order valence-corrected chi connectivity index (χ0v) is 15.7. The first-order valence-electron chi connectivity index (χ1n) is 9.81. The van der Waals surface area contributed by atoms with Crippen molar-refractivity contribution in [2.45, 2.75) is 45.1 Å². The Balaban J connectivity index is 1.62. The molecular weight excluding hydrogens is 344 g/mol. The van der Waals surface area contributed by atoms with E-state index in [-0.39, 0.29) is 23.8 Å². The maximum atomic E-state index is 13.4. The summed E-state index contributed by atoms with van der Waals surface area (Å²) >= 11 is 0. The molecule has 3 aliphatic heterocycles. The smallest absolute Gasteiger partial charge is 0.272 e. The molecule has 7 heteroatoms. The topological polar surface area (TPSA) is 82.6 Å². The van der Waals surface area contributed by atoms with Gasteiger partial charge in [0, 0.05) is 44.3 Å². The Bertz CT molecular complexity index is 774. The minimum absolute atomic E-state index is 0.00461. The molecule has 1 aromatic rings. The number of rotatable bonds is 2. The Hall–Kier alpha value is -2.44. The van der Waals surface area contributed by atoms with Gasteiger partial charge >= 0.3 is 0 Å². The van der Waals surface area contributed by atoms with E-state index in [1.165, 1.54) is 0 Å². The zero-order chi connectivity index (χ0) is 19.0. The van der Waals surface area contributed by atoms with Gasteiger partial charge in [0.25, 0.3) is 5.91 Å². The van der Waals surface area contributed by atoms with Crippen LogP contribution in [0, 0.1) is 12.3 Å². The zero-order valence-electron chi connectivity index (χ0n) is 15.7. The van der Waals surface area contributed by atoms with E-state index < -0.39 is 5.41 Å². The summed E-state index contributed by atoms with van der Waals surface area (Å²) in [6, 6.07) is 5.21. The van der Waals surface area contributed by atoms with Gasteiger partial charge in [-0.2, -0.15) is 0 Å². The van der Waals surface area contributed by atoms with E-state index in [0.29, 0.717) is 38.0 Å². The van der Waals surface area contributed by atoms with E-state index in [1.54, 1.807) is 11.0 Å². The van der Waals surface area contributed by atoms with Gasteiger partial charge in [-0.3, -0.25) is 14.4 Å². The number of nitrogens with zero attached hydrogens (tertiary/aromatic N) is 3. The molecule has 2 atom stereocenters. The molecule has 144 valence electrons. The number of nitrogens with one attached hydrogen (secondary N) is 1. The molecule has 1 N–H and O–H groups in total. The fourth-order valence-electron chi connectivity index (χ4n) is 4.71. The third-order valence-corrected chi connectivity index (χ3v) is 6.17. The number of fused-ring (bicyclic) bond motifs is 1. The van der Waals surface area contributed by atoms with Gasteiger partial charge in [-0.25, -0.2) is 4.98 Å². The van der Waals surface area contributed by atoms with Gasteiger partial charge in [0.05, 0.1) is 5.41 Å². The van der Waals surface area contributed by atoms with Crippen LogP contribution in [-0.4, -0.2) is 64.7 Å². The highest BCUT2D eigenvalue weighted by Crippen LogP contribution is 2.40. The lowest BCUT2D eigenvalue weighted by molar-refractivity contribution is -0.151. The van der Waals surface area contributed by atoms with E-state index in [2.05, 4.69) is 10.3 Å². The summed E-state index contributed by atoms with van der Waals surface area (Å²) in [5, 5.41) is 3.03. The molecule has 3 fully saturated rings. The lowest BCUT2D eigenvalue weighted by Crippen LogP contribution is -2.67. The second-order valence-electron chi connectivity index (χ2n) is 7.96. The van der Waals surface area contributed by atoms with Gasteiger partial charge in [-0.05, 0) is 44.7 Å². The number of hydrogen-bond donors (Lipinski definition) is 1. The standard InChI is InChI=1S/C20H26N4O3/c1-14-5-4-6-15(21-14)18(26)24-12-8-16-20(13-24,9-7-17(25)22-16)19(27)23-10-2-3-11-23/h4-6,16H,2-3,7-13H2,1H3,(H,22,25)/t16-,20+/m1/s1. The largest absolute Gasteiger partial charge is 0.352 e. The van der Waals surface area contributed by atoms with E-state index in [4.69, 9.17) is 0 Å². The van der Waals surface area contributed by atoms with Crippen LogP contribution in [-0.2, 0) is 9.59 Å². The van der Waals surface area contributed by atoms with Crippen LogP contribution in [0.5, 0.6) is 0 Å². The molecule has 3 saturated heterocycles. The minimum atomic E-state index is -0.712. The lowest BCUT2D eigenvalue weighted by atomic mass is 9.69. The van der Waals surface area contributed by atoms with Crippen LogP contribution in [0.15, 0.2) is 18.2 Å². The molecule has 0 aromatic carbocycles. The number of likely N-dealkylation sites (tertiary alicyclic amines) is 2. The summed E-state index contributed by atoms with van der Waals surface area (Å²) in [6.45, 7) is 4.28. The molecule has 1 aromatic heterocycles. The van der Waals surface area contributed by atoms with Crippen molar-refractivity contribution in [3.05, 3.63) is 29.6 Å². The lowest BCUT2D eigenvalue weighted by Gasteiger charge is -2.50. The van der Waals surface area contributed by atoms with Crippen molar-refractivity contribution < 1.29 is 14.4 Å². The molecule has 0 radical (unpaired) electrons. The Kier molecular flexibility index (Phi) is 4.61.